The first kappa shape index (κ1) is 28.5. The van der Waals surface area contributed by atoms with E-state index in [0.717, 1.165) is 11.1 Å². The molecule has 0 bridgehead atoms. The summed E-state index contributed by atoms with van der Waals surface area (Å²) in [6.07, 6.45) is 3.01. The molecule has 208 valence electrons. The number of Topliss-reactive ketones (excluding diaryl/α,β-unsaturated/α-hetero) is 1. The van der Waals surface area contributed by atoms with Gasteiger partial charge in [-0.1, -0.05) is 24.3 Å². The van der Waals surface area contributed by atoms with E-state index in [2.05, 4.69) is 0 Å². The van der Waals surface area contributed by atoms with Gasteiger partial charge in [0.25, 0.3) is 0 Å². The Kier molecular flexibility index (Phi) is 8.62. The molecule has 2 heterocycles. The number of methoxy groups -OCH3 is 2. The minimum Gasteiger partial charge on any atom is -0.497 e. The number of hydrogen-bond acceptors (Lipinski definition) is 9. The molecule has 0 aromatic heterocycles. The van der Waals surface area contributed by atoms with Crippen LogP contribution in [-0.4, -0.2) is 66.1 Å². The Morgan fingerprint density at radius 1 is 0.675 bits per heavy atom. The summed E-state index contributed by atoms with van der Waals surface area (Å²) in [7, 11) is 3.20. The van der Waals surface area contributed by atoms with Crippen molar-refractivity contribution < 1.29 is 23.9 Å². The van der Waals surface area contributed by atoms with Crippen molar-refractivity contribution in [2.24, 2.45) is 10.2 Å². The topological polar surface area (TPSA) is 101 Å². The number of allylic oxidation sites excluding steroid dienone is 4. The number of ether oxygens (including phenoxy) is 2. The third-order valence-corrected chi connectivity index (χ3v) is 6.97. The van der Waals surface area contributed by atoms with Gasteiger partial charge in [-0.25, -0.2) is 0 Å². The Morgan fingerprint density at radius 3 is 1.32 bits per heavy atom. The monoisotopic (exact) mass is 542 g/mol. The van der Waals surface area contributed by atoms with Gasteiger partial charge in [-0.15, -0.1) is 0 Å². The molecule has 0 amide bonds. The molecule has 40 heavy (non-hydrogen) atoms. The molecule has 0 fully saturated rings. The zero-order valence-corrected chi connectivity index (χ0v) is 23.7. The van der Waals surface area contributed by atoms with Gasteiger partial charge in [-0.05, 0) is 63.1 Å². The van der Waals surface area contributed by atoms with Crippen molar-refractivity contribution in [1.82, 2.24) is 10.0 Å². The van der Waals surface area contributed by atoms with Crippen LogP contribution in [0.3, 0.4) is 0 Å². The molecule has 0 aliphatic carbocycles. The molecule has 0 spiro atoms. The second-order valence-electron chi connectivity index (χ2n) is 9.91. The van der Waals surface area contributed by atoms with E-state index in [1.165, 1.54) is 26.0 Å². The third-order valence-electron chi connectivity index (χ3n) is 6.97. The summed E-state index contributed by atoms with van der Waals surface area (Å²) in [4.78, 5) is 37.9. The first-order valence-electron chi connectivity index (χ1n) is 13.0. The van der Waals surface area contributed by atoms with Crippen LogP contribution in [0.2, 0.25) is 0 Å². The number of carbonyl (C=O) groups excluding carboxylic acids is 3. The molecule has 0 N–H and O–H groups in total. The first-order valence-corrected chi connectivity index (χ1v) is 13.0. The molecule has 9 nitrogen and oxygen atoms in total. The van der Waals surface area contributed by atoms with Crippen molar-refractivity contribution in [3.8, 4) is 11.5 Å². The van der Waals surface area contributed by atoms with E-state index < -0.39 is 0 Å². The Morgan fingerprint density at radius 2 is 1.02 bits per heavy atom. The summed E-state index contributed by atoms with van der Waals surface area (Å²) in [5, 5.41) is 12.8. The highest BCUT2D eigenvalue weighted by Crippen LogP contribution is 2.34. The largest absolute Gasteiger partial charge is 0.497 e. The molecule has 0 saturated carbocycles. The number of nitrogens with zero attached hydrogens (tertiary/aromatic N) is 4. The minimum absolute atomic E-state index is 0.100. The molecule has 0 radical (unpaired) electrons. The van der Waals surface area contributed by atoms with Crippen molar-refractivity contribution in [1.29, 1.82) is 0 Å². The Hall–Kier alpha value is -4.53. The van der Waals surface area contributed by atoms with E-state index in [4.69, 9.17) is 19.7 Å². The van der Waals surface area contributed by atoms with E-state index in [9.17, 15) is 14.4 Å². The second-order valence-corrected chi connectivity index (χ2v) is 9.91. The van der Waals surface area contributed by atoms with E-state index in [1.807, 2.05) is 48.5 Å². The van der Waals surface area contributed by atoms with Gasteiger partial charge in [-0.2, -0.15) is 10.2 Å². The number of ketones is 3. The van der Waals surface area contributed by atoms with Crippen LogP contribution in [-0.2, 0) is 14.4 Å². The fourth-order valence-electron chi connectivity index (χ4n) is 4.92. The number of hydrazone groups is 2. The lowest BCUT2D eigenvalue weighted by atomic mass is 9.86. The molecular formula is C31H34N4O5. The van der Waals surface area contributed by atoms with Gasteiger partial charge in [0, 0.05) is 23.5 Å². The van der Waals surface area contributed by atoms with Crippen molar-refractivity contribution in [2.75, 3.05) is 27.3 Å². The van der Waals surface area contributed by atoms with Gasteiger partial charge in [0.1, 0.15) is 22.9 Å². The molecule has 2 unspecified atom stereocenters. The van der Waals surface area contributed by atoms with Gasteiger partial charge in [0.15, 0.2) is 11.6 Å². The number of carbonyl (C=O) groups is 3. The fraction of sp³-hybridized carbons (Fsp3) is 0.323. The van der Waals surface area contributed by atoms with Crippen LogP contribution in [0.1, 0.15) is 50.7 Å². The van der Waals surface area contributed by atoms with E-state index >= 15 is 0 Å². The lowest BCUT2D eigenvalue weighted by molar-refractivity contribution is -0.113. The molecule has 2 aromatic carbocycles. The minimum atomic E-state index is -0.351. The maximum atomic E-state index is 14.3. The highest BCUT2D eigenvalue weighted by molar-refractivity contribution is 6.68. The van der Waals surface area contributed by atoms with Crippen molar-refractivity contribution >= 4 is 28.8 Å². The molecular weight excluding hydrogens is 508 g/mol. The number of benzene rings is 2. The molecule has 2 aromatic rings. The summed E-state index contributed by atoms with van der Waals surface area (Å²) in [6, 6.07) is 15.1. The molecule has 4 rings (SSSR count). The molecule has 2 aliphatic heterocycles. The molecule has 9 heteroatoms. The Balaban J connectivity index is 1.78. The zero-order chi connectivity index (χ0) is 29.0. The van der Waals surface area contributed by atoms with Crippen LogP contribution < -0.4 is 9.47 Å². The Bertz CT molecular complexity index is 1310. The van der Waals surface area contributed by atoms with E-state index in [-0.39, 0.29) is 29.2 Å². The van der Waals surface area contributed by atoms with Gasteiger partial charge < -0.3 is 9.47 Å². The summed E-state index contributed by atoms with van der Waals surface area (Å²) in [5.41, 5.74) is 3.78. The van der Waals surface area contributed by atoms with Gasteiger partial charge >= 0.3 is 0 Å². The smallest absolute Gasteiger partial charge is 0.226 e. The molecule has 2 aliphatic rings. The average molecular weight is 543 g/mol. The van der Waals surface area contributed by atoms with Crippen LogP contribution in [0.15, 0.2) is 82.3 Å². The van der Waals surface area contributed by atoms with Crippen LogP contribution in [0.25, 0.3) is 0 Å². The molecule has 0 saturated heterocycles. The third kappa shape index (κ3) is 6.20. The lowest BCUT2D eigenvalue weighted by Gasteiger charge is -2.18. The number of rotatable bonds is 10. The van der Waals surface area contributed by atoms with Gasteiger partial charge in [-0.3, -0.25) is 24.4 Å². The highest BCUT2D eigenvalue weighted by Gasteiger charge is 2.41. The van der Waals surface area contributed by atoms with E-state index in [1.54, 1.807) is 38.1 Å². The van der Waals surface area contributed by atoms with Crippen LogP contribution in [0.4, 0.5) is 0 Å². The summed E-state index contributed by atoms with van der Waals surface area (Å²) in [5.74, 6) is 0.233. The van der Waals surface area contributed by atoms with Crippen LogP contribution in [0.5, 0.6) is 11.5 Å². The molecule has 2 atom stereocenters. The van der Waals surface area contributed by atoms with Crippen LogP contribution >= 0.6 is 0 Å². The van der Waals surface area contributed by atoms with Crippen LogP contribution in [0, 0.1) is 0 Å². The van der Waals surface area contributed by atoms with Gasteiger partial charge in [0.2, 0.25) is 5.78 Å². The fourth-order valence-corrected chi connectivity index (χ4v) is 4.92. The second kappa shape index (κ2) is 12.1. The lowest BCUT2D eigenvalue weighted by Crippen LogP contribution is -2.31. The normalized spacial score (nSPS) is 19.4. The quantitative estimate of drug-likeness (QED) is 0.409. The average Bonchev–Trinajstić information content (AvgIpc) is 3.58. The van der Waals surface area contributed by atoms with Crippen molar-refractivity contribution in [3.05, 3.63) is 83.2 Å². The summed E-state index contributed by atoms with van der Waals surface area (Å²) in [6.45, 7) is 7.36. The predicted octanol–water partition coefficient (Wildman–Crippen LogP) is 4.47. The predicted molar refractivity (Wildman–Crippen MR) is 154 cm³/mol. The number of hydrogen-bond donors (Lipinski definition) is 0. The van der Waals surface area contributed by atoms with E-state index in [0.29, 0.717) is 47.4 Å². The van der Waals surface area contributed by atoms with Crippen molar-refractivity contribution in [2.45, 2.75) is 39.5 Å². The van der Waals surface area contributed by atoms with Gasteiger partial charge in [0.05, 0.1) is 39.1 Å². The SMILES string of the molecule is COc1ccc(C2CN(/C(C)=C/C(C)=O)N=C2C(=O)C2=NN(/C(C)=C/C(C)=O)CC2c2ccc(OC)cc2)cc1. The van der Waals surface area contributed by atoms with Crippen molar-refractivity contribution in [3.63, 3.8) is 0 Å². The highest BCUT2D eigenvalue weighted by atomic mass is 16.5. The zero-order valence-electron chi connectivity index (χ0n) is 23.7. The maximum Gasteiger partial charge on any atom is 0.226 e. The maximum absolute atomic E-state index is 14.3. The first-order chi connectivity index (χ1) is 19.1. The summed E-state index contributed by atoms with van der Waals surface area (Å²) < 4.78 is 10.6. The summed E-state index contributed by atoms with van der Waals surface area (Å²) >= 11 is 0. The standard InChI is InChI=1S/C31H34N4O5/c1-19(15-21(3)36)34-17-27(23-7-11-25(39-5)12-8-23)29(32-34)31(38)30-28(24-9-13-26(40-6)14-10-24)18-35(33-30)20(2)16-22(4)37/h7-16,27-28H,17-18H2,1-6H3/b19-15+,20-16+. The Labute approximate surface area is 234 Å².